The molecule has 2 aromatic rings. The van der Waals surface area contributed by atoms with Crippen LogP contribution in [-0.4, -0.2) is 114 Å². The summed E-state index contributed by atoms with van der Waals surface area (Å²) in [6.45, 7) is 2.31. The van der Waals surface area contributed by atoms with Gasteiger partial charge in [0.05, 0.1) is 25.5 Å². The van der Waals surface area contributed by atoms with Gasteiger partial charge in [-0.15, -0.1) is 0 Å². The first-order valence-corrected chi connectivity index (χ1v) is 16.6. The predicted octanol–water partition coefficient (Wildman–Crippen LogP) is 0.799. The molecule has 3 rings (SSSR count). The highest BCUT2D eigenvalue weighted by Gasteiger charge is 2.48. The molecule has 16 heteroatoms. The number of carbonyl (C=O) groups is 3. The number of fused-ring (bicyclic) bond motifs is 1. The summed E-state index contributed by atoms with van der Waals surface area (Å²) in [7, 11) is 0. The number of aromatic nitrogens is 4. The Bertz CT molecular complexity index is 1250. The summed E-state index contributed by atoms with van der Waals surface area (Å²) in [6.07, 6.45) is 6.30. The SMILES string of the molecule is CCCCCCCCCCCC(CCC(=O)NCC(=O)N[C@@H]1[C@@H](O)[C@@H](O)[C@@H](Nc2ncnc3nc[nH]c23)O[C@H]1C(O)CO)OC(C)=O. The number of anilines is 1. The van der Waals surface area contributed by atoms with E-state index in [1.807, 2.05) is 0 Å². The van der Waals surface area contributed by atoms with Crippen LogP contribution < -0.4 is 16.0 Å². The Morgan fingerprint density at radius 2 is 1.68 bits per heavy atom. The van der Waals surface area contributed by atoms with Crippen LogP contribution in [-0.2, 0) is 23.9 Å². The fourth-order valence-corrected chi connectivity index (χ4v) is 5.63. The predicted molar refractivity (Wildman–Crippen MR) is 171 cm³/mol. The molecule has 0 radical (unpaired) electrons. The van der Waals surface area contributed by atoms with Gasteiger partial charge in [0.15, 0.2) is 17.7 Å². The van der Waals surface area contributed by atoms with Gasteiger partial charge in [0.1, 0.15) is 42.4 Å². The van der Waals surface area contributed by atoms with Crippen LogP contribution in [0.5, 0.6) is 0 Å². The number of aliphatic hydroxyl groups is 4. The molecule has 7 atom stereocenters. The van der Waals surface area contributed by atoms with Gasteiger partial charge in [-0.3, -0.25) is 14.4 Å². The van der Waals surface area contributed by atoms with Crippen molar-refractivity contribution >= 4 is 34.8 Å². The van der Waals surface area contributed by atoms with Gasteiger partial charge in [0.2, 0.25) is 11.8 Å². The zero-order chi connectivity index (χ0) is 34.2. The first-order valence-electron chi connectivity index (χ1n) is 16.6. The number of nitrogens with zero attached hydrogens (tertiary/aromatic N) is 3. The van der Waals surface area contributed by atoms with Crippen LogP contribution in [0.3, 0.4) is 0 Å². The normalized spacial score (nSPS) is 22.4. The maximum absolute atomic E-state index is 12.8. The minimum absolute atomic E-state index is 0.0301. The van der Waals surface area contributed by atoms with E-state index in [0.29, 0.717) is 24.0 Å². The first kappa shape index (κ1) is 38.0. The molecule has 16 nitrogen and oxygen atoms in total. The largest absolute Gasteiger partial charge is 0.463 e. The third kappa shape index (κ3) is 12.3. The molecule has 0 aromatic carbocycles. The molecular weight excluding hydrogens is 614 g/mol. The lowest BCUT2D eigenvalue weighted by Gasteiger charge is -2.44. The molecule has 1 fully saturated rings. The van der Waals surface area contributed by atoms with Crippen molar-refractivity contribution in [1.82, 2.24) is 30.6 Å². The molecule has 2 amide bonds. The number of hydrogen-bond donors (Lipinski definition) is 8. The van der Waals surface area contributed by atoms with Crippen molar-refractivity contribution in [3.63, 3.8) is 0 Å². The summed E-state index contributed by atoms with van der Waals surface area (Å²) >= 11 is 0. The van der Waals surface area contributed by atoms with Crippen LogP contribution in [0.25, 0.3) is 11.2 Å². The van der Waals surface area contributed by atoms with Crippen molar-refractivity contribution in [3.8, 4) is 0 Å². The molecule has 264 valence electrons. The number of hydrogen-bond acceptors (Lipinski definition) is 13. The Morgan fingerprint density at radius 1 is 0.979 bits per heavy atom. The summed E-state index contributed by atoms with van der Waals surface area (Å²) < 4.78 is 11.2. The average Bonchev–Trinajstić information content (AvgIpc) is 3.54. The maximum Gasteiger partial charge on any atom is 0.302 e. The lowest BCUT2D eigenvalue weighted by Crippen LogP contribution is -2.68. The van der Waals surface area contributed by atoms with E-state index in [0.717, 1.165) is 19.3 Å². The molecule has 2 aromatic heterocycles. The second-order valence-corrected chi connectivity index (χ2v) is 12.0. The van der Waals surface area contributed by atoms with Gasteiger partial charge in [-0.2, -0.15) is 0 Å². The molecule has 1 aliphatic heterocycles. The topological polar surface area (TPSA) is 241 Å². The molecule has 3 heterocycles. The van der Waals surface area contributed by atoms with E-state index in [-0.39, 0.29) is 12.2 Å². The Kier molecular flexibility index (Phi) is 16.2. The summed E-state index contributed by atoms with van der Waals surface area (Å²) in [6, 6.07) is -1.34. The molecule has 47 heavy (non-hydrogen) atoms. The molecule has 0 bridgehead atoms. The summed E-state index contributed by atoms with van der Waals surface area (Å²) in [5, 5.41) is 49.6. The van der Waals surface area contributed by atoms with Gasteiger partial charge in [-0.25, -0.2) is 15.0 Å². The van der Waals surface area contributed by atoms with Crippen LogP contribution in [0.2, 0.25) is 0 Å². The molecule has 0 saturated carbocycles. The van der Waals surface area contributed by atoms with E-state index < -0.39 is 73.7 Å². The first-order chi connectivity index (χ1) is 22.6. The number of esters is 1. The number of imidazole rings is 1. The number of H-pyrrole nitrogens is 1. The van der Waals surface area contributed by atoms with Gasteiger partial charge in [0, 0.05) is 13.3 Å². The number of rotatable bonds is 21. The Labute approximate surface area is 274 Å². The van der Waals surface area contributed by atoms with Crippen LogP contribution in [0, 0.1) is 0 Å². The minimum atomic E-state index is -1.64. The number of amides is 2. The van der Waals surface area contributed by atoms with Crippen LogP contribution in [0.4, 0.5) is 5.82 Å². The molecule has 2 unspecified atom stereocenters. The summed E-state index contributed by atoms with van der Waals surface area (Å²) in [5.41, 5.74) is 0.749. The third-order valence-electron chi connectivity index (χ3n) is 8.18. The number of unbranched alkanes of at least 4 members (excludes halogenated alkanes) is 8. The van der Waals surface area contributed by atoms with E-state index in [9.17, 15) is 34.8 Å². The molecule has 1 saturated heterocycles. The fourth-order valence-electron chi connectivity index (χ4n) is 5.63. The van der Waals surface area contributed by atoms with E-state index in [4.69, 9.17) is 9.47 Å². The summed E-state index contributed by atoms with van der Waals surface area (Å²) in [5.74, 6) is -1.36. The lowest BCUT2D eigenvalue weighted by molar-refractivity contribution is -0.204. The van der Waals surface area contributed by atoms with Crippen molar-refractivity contribution in [3.05, 3.63) is 12.7 Å². The second kappa shape index (κ2) is 20.0. The van der Waals surface area contributed by atoms with Gasteiger partial charge >= 0.3 is 5.97 Å². The number of aromatic amines is 1. The Hall–Kier alpha value is -3.44. The van der Waals surface area contributed by atoms with Crippen LogP contribution >= 0.6 is 0 Å². The van der Waals surface area contributed by atoms with Gasteiger partial charge in [-0.1, -0.05) is 58.3 Å². The fraction of sp³-hybridized carbons (Fsp3) is 0.742. The number of carbonyl (C=O) groups excluding carboxylic acids is 3. The highest BCUT2D eigenvalue weighted by atomic mass is 16.5. The lowest BCUT2D eigenvalue weighted by atomic mass is 9.92. The van der Waals surface area contributed by atoms with Gasteiger partial charge in [0.25, 0.3) is 0 Å². The number of ether oxygens (including phenoxy) is 2. The standard InChI is InChI=1S/C31H51N7O9/c1-3-4-5-6-7-8-9-10-11-12-20(46-19(2)40)13-14-22(42)32-15-23(43)37-24-26(44)27(45)31(47-28(24)21(41)16-39)38-30-25-29(34-17-33-25)35-18-36-30/h17-18,20-21,24,26-28,31,39,41,44-45H,3-16H2,1-2H3,(H,32,42)(H,37,43)(H2,33,34,35,36,38)/t20?,21?,24-,26-,27-,28+,31+/m1/s1. The van der Waals surface area contributed by atoms with Crippen molar-refractivity contribution < 1.29 is 44.3 Å². The van der Waals surface area contributed by atoms with E-state index in [1.165, 1.54) is 58.1 Å². The third-order valence-corrected chi connectivity index (χ3v) is 8.18. The zero-order valence-corrected chi connectivity index (χ0v) is 27.3. The zero-order valence-electron chi connectivity index (χ0n) is 27.3. The second-order valence-electron chi connectivity index (χ2n) is 12.0. The number of aliphatic hydroxyl groups excluding tert-OH is 4. The van der Waals surface area contributed by atoms with Crippen molar-refractivity contribution in [2.45, 2.75) is 134 Å². The molecular formula is C31H51N7O9. The maximum atomic E-state index is 12.8. The smallest absolute Gasteiger partial charge is 0.302 e. The summed E-state index contributed by atoms with van der Waals surface area (Å²) in [4.78, 5) is 51.9. The van der Waals surface area contributed by atoms with Crippen LogP contribution in [0.1, 0.15) is 90.9 Å². The Balaban J connectivity index is 1.45. The van der Waals surface area contributed by atoms with Gasteiger partial charge < -0.3 is 50.8 Å². The van der Waals surface area contributed by atoms with Crippen molar-refractivity contribution in [1.29, 1.82) is 0 Å². The quantitative estimate of drug-likeness (QED) is 0.0681. The van der Waals surface area contributed by atoms with E-state index in [1.54, 1.807) is 0 Å². The van der Waals surface area contributed by atoms with Gasteiger partial charge in [-0.05, 0) is 19.3 Å². The van der Waals surface area contributed by atoms with Crippen LogP contribution in [0.15, 0.2) is 12.7 Å². The number of nitrogens with one attached hydrogen (secondary N) is 4. The highest BCUT2D eigenvalue weighted by molar-refractivity contribution is 5.85. The monoisotopic (exact) mass is 665 g/mol. The molecule has 0 spiro atoms. The average molecular weight is 666 g/mol. The highest BCUT2D eigenvalue weighted by Crippen LogP contribution is 2.26. The Morgan fingerprint density at radius 3 is 2.36 bits per heavy atom. The molecule has 0 aliphatic carbocycles. The van der Waals surface area contributed by atoms with E-state index >= 15 is 0 Å². The van der Waals surface area contributed by atoms with Crippen molar-refractivity contribution in [2.24, 2.45) is 0 Å². The minimum Gasteiger partial charge on any atom is -0.463 e. The molecule has 1 aliphatic rings. The van der Waals surface area contributed by atoms with E-state index in [2.05, 4.69) is 42.8 Å². The van der Waals surface area contributed by atoms with Crippen molar-refractivity contribution in [2.75, 3.05) is 18.5 Å². The molecule has 8 N–H and O–H groups in total.